The van der Waals surface area contributed by atoms with Gasteiger partial charge in [-0.1, -0.05) is 52.9 Å². The van der Waals surface area contributed by atoms with Gasteiger partial charge in [0.15, 0.2) is 4.34 Å². The van der Waals surface area contributed by atoms with Gasteiger partial charge in [0, 0.05) is 10.7 Å². The van der Waals surface area contributed by atoms with Crippen molar-refractivity contribution < 1.29 is 4.79 Å². The van der Waals surface area contributed by atoms with Crippen LogP contribution < -0.4 is 10.6 Å². The van der Waals surface area contributed by atoms with E-state index in [9.17, 15) is 4.79 Å². The number of carbonyl (C=O) groups is 1. The molecule has 2 aromatic carbocycles. The third-order valence-corrected chi connectivity index (χ3v) is 5.34. The zero-order valence-electron chi connectivity index (χ0n) is 13.3. The smallest absolute Gasteiger partial charge is 0.234 e. The molecule has 3 aromatic rings. The van der Waals surface area contributed by atoms with Crippen molar-refractivity contribution in [2.75, 3.05) is 16.4 Å². The summed E-state index contributed by atoms with van der Waals surface area (Å²) in [7, 11) is 0. The molecule has 9 heteroatoms. The summed E-state index contributed by atoms with van der Waals surface area (Å²) in [4.78, 5) is 12.1. The van der Waals surface area contributed by atoms with Gasteiger partial charge < -0.3 is 10.6 Å². The van der Waals surface area contributed by atoms with Crippen LogP contribution in [0.25, 0.3) is 0 Å². The minimum absolute atomic E-state index is 0.172. The number of hydrogen-bond acceptors (Lipinski definition) is 7. The van der Waals surface area contributed by atoms with Gasteiger partial charge in [-0.2, -0.15) is 5.26 Å². The van der Waals surface area contributed by atoms with Crippen molar-refractivity contribution >= 4 is 57.1 Å². The number of aromatic nitrogens is 2. The first-order valence-electron chi connectivity index (χ1n) is 7.42. The highest BCUT2D eigenvalue weighted by atomic mass is 35.5. The van der Waals surface area contributed by atoms with E-state index in [0.717, 1.165) is 5.69 Å². The largest absolute Gasteiger partial charge is 0.330 e. The van der Waals surface area contributed by atoms with E-state index < -0.39 is 0 Å². The first-order valence-corrected chi connectivity index (χ1v) is 9.60. The number of anilines is 3. The molecule has 0 spiro atoms. The zero-order valence-corrected chi connectivity index (χ0v) is 15.7. The van der Waals surface area contributed by atoms with Crippen LogP contribution in [0, 0.1) is 11.3 Å². The normalized spacial score (nSPS) is 10.2. The molecule has 0 unspecified atom stereocenters. The summed E-state index contributed by atoms with van der Waals surface area (Å²) in [6.45, 7) is 0. The Morgan fingerprint density at radius 1 is 1.23 bits per heavy atom. The average Bonchev–Trinajstić information content (AvgIpc) is 3.08. The summed E-state index contributed by atoms with van der Waals surface area (Å²) in [5.41, 5.74) is 1.74. The number of nitrogens with one attached hydrogen (secondary N) is 2. The number of carbonyl (C=O) groups excluding carboxylic acids is 1. The van der Waals surface area contributed by atoms with Crippen LogP contribution in [-0.4, -0.2) is 21.9 Å². The van der Waals surface area contributed by atoms with Gasteiger partial charge in [-0.25, -0.2) is 0 Å². The van der Waals surface area contributed by atoms with E-state index in [2.05, 4.69) is 20.8 Å². The molecule has 6 nitrogen and oxygen atoms in total. The van der Waals surface area contributed by atoms with Gasteiger partial charge in [0.2, 0.25) is 11.0 Å². The van der Waals surface area contributed by atoms with Crippen molar-refractivity contribution in [1.82, 2.24) is 10.2 Å². The quantitative estimate of drug-likeness (QED) is 0.589. The molecule has 0 aliphatic carbocycles. The van der Waals surface area contributed by atoms with Gasteiger partial charge in [-0.3, -0.25) is 4.79 Å². The fraction of sp³-hybridized carbons (Fsp3) is 0.0588. The van der Waals surface area contributed by atoms with Gasteiger partial charge >= 0.3 is 0 Å². The fourth-order valence-electron chi connectivity index (χ4n) is 2.01. The minimum Gasteiger partial charge on any atom is -0.330 e. The van der Waals surface area contributed by atoms with Crippen molar-refractivity contribution in [2.24, 2.45) is 0 Å². The van der Waals surface area contributed by atoms with E-state index in [0.29, 0.717) is 25.7 Å². The molecule has 130 valence electrons. The third-order valence-electron chi connectivity index (χ3n) is 3.13. The lowest BCUT2D eigenvalue weighted by Gasteiger charge is -2.05. The molecule has 0 saturated heterocycles. The van der Waals surface area contributed by atoms with Gasteiger partial charge in [0.1, 0.15) is 6.07 Å². The second-order valence-electron chi connectivity index (χ2n) is 5.00. The molecule has 1 aromatic heterocycles. The highest BCUT2D eigenvalue weighted by Crippen LogP contribution is 2.28. The van der Waals surface area contributed by atoms with Crippen LogP contribution >= 0.6 is 34.7 Å². The van der Waals surface area contributed by atoms with Crippen molar-refractivity contribution in [3.63, 3.8) is 0 Å². The first-order chi connectivity index (χ1) is 12.6. The molecular weight excluding hydrogens is 390 g/mol. The standard InChI is InChI=1S/C17H12ClN5OS2/c18-12-5-3-6-13(8-12)20-16-22-23-17(26-16)25-10-15(24)21-14-7-2-1-4-11(14)9-19/h1-8H,10H2,(H,20,22)(H,21,24). The van der Waals surface area contributed by atoms with E-state index in [1.807, 2.05) is 18.2 Å². The maximum absolute atomic E-state index is 12.1. The van der Waals surface area contributed by atoms with Crippen molar-refractivity contribution in [3.8, 4) is 6.07 Å². The Morgan fingerprint density at radius 3 is 2.88 bits per heavy atom. The maximum Gasteiger partial charge on any atom is 0.234 e. The van der Waals surface area contributed by atoms with E-state index >= 15 is 0 Å². The summed E-state index contributed by atoms with van der Waals surface area (Å²) < 4.78 is 0.665. The fourth-order valence-corrected chi connectivity index (χ4v) is 3.77. The summed E-state index contributed by atoms with van der Waals surface area (Å²) in [5.74, 6) is -0.0387. The van der Waals surface area contributed by atoms with Gasteiger partial charge in [-0.05, 0) is 30.3 Å². The minimum atomic E-state index is -0.211. The zero-order chi connectivity index (χ0) is 18.4. The Balaban J connectivity index is 1.54. The molecule has 3 rings (SSSR count). The van der Waals surface area contributed by atoms with Crippen molar-refractivity contribution in [3.05, 3.63) is 59.1 Å². The van der Waals surface area contributed by atoms with Crippen LogP contribution in [0.2, 0.25) is 5.02 Å². The van der Waals surface area contributed by atoms with Gasteiger partial charge in [0.25, 0.3) is 0 Å². The van der Waals surface area contributed by atoms with Crippen LogP contribution in [0.5, 0.6) is 0 Å². The number of hydrogen-bond donors (Lipinski definition) is 2. The van der Waals surface area contributed by atoms with Gasteiger partial charge in [-0.15, -0.1) is 10.2 Å². The average molecular weight is 402 g/mol. The Hall–Kier alpha value is -2.60. The number of halogens is 1. The van der Waals surface area contributed by atoms with Gasteiger partial charge in [0.05, 0.1) is 17.0 Å². The van der Waals surface area contributed by atoms with E-state index in [1.165, 1.54) is 23.1 Å². The number of nitriles is 1. The van der Waals surface area contributed by atoms with Crippen LogP contribution in [0.4, 0.5) is 16.5 Å². The second kappa shape index (κ2) is 8.67. The number of para-hydroxylation sites is 1. The second-order valence-corrected chi connectivity index (χ2v) is 7.64. The highest BCUT2D eigenvalue weighted by molar-refractivity contribution is 8.01. The molecule has 0 atom stereocenters. The number of amides is 1. The Labute approximate surface area is 163 Å². The lowest BCUT2D eigenvalue weighted by atomic mass is 10.2. The van der Waals surface area contributed by atoms with Crippen molar-refractivity contribution in [2.45, 2.75) is 4.34 Å². The molecule has 1 amide bonds. The number of thioether (sulfide) groups is 1. The monoisotopic (exact) mass is 401 g/mol. The summed E-state index contributed by atoms with van der Waals surface area (Å²) in [6, 6.07) is 16.2. The number of benzene rings is 2. The molecule has 0 fully saturated rings. The predicted molar refractivity (Wildman–Crippen MR) is 105 cm³/mol. The molecule has 0 saturated carbocycles. The molecule has 2 N–H and O–H groups in total. The van der Waals surface area contributed by atoms with E-state index in [-0.39, 0.29) is 11.7 Å². The maximum atomic E-state index is 12.1. The third kappa shape index (κ3) is 4.95. The van der Waals surface area contributed by atoms with E-state index in [4.69, 9.17) is 16.9 Å². The number of nitrogens with zero attached hydrogens (tertiary/aromatic N) is 3. The van der Waals surface area contributed by atoms with Crippen molar-refractivity contribution in [1.29, 1.82) is 5.26 Å². The summed E-state index contributed by atoms with van der Waals surface area (Å²) in [5, 5.41) is 24.2. The Kier molecular flexibility index (Phi) is 6.07. The first kappa shape index (κ1) is 18.2. The molecule has 0 aliphatic rings. The van der Waals surface area contributed by atoms with E-state index in [1.54, 1.807) is 36.4 Å². The Morgan fingerprint density at radius 2 is 2.08 bits per heavy atom. The number of rotatable bonds is 6. The predicted octanol–water partition coefficient (Wildman–Crippen LogP) is 4.54. The topological polar surface area (TPSA) is 90.7 Å². The summed E-state index contributed by atoms with van der Waals surface area (Å²) >= 11 is 8.57. The molecule has 1 heterocycles. The highest BCUT2D eigenvalue weighted by Gasteiger charge is 2.10. The lowest BCUT2D eigenvalue weighted by Crippen LogP contribution is -2.14. The van der Waals surface area contributed by atoms with Crippen LogP contribution in [-0.2, 0) is 4.79 Å². The Bertz CT molecular complexity index is 970. The summed E-state index contributed by atoms with van der Waals surface area (Å²) in [6.07, 6.45) is 0. The lowest BCUT2D eigenvalue weighted by molar-refractivity contribution is -0.113. The molecule has 0 bridgehead atoms. The van der Waals surface area contributed by atoms with Crippen LogP contribution in [0.3, 0.4) is 0 Å². The van der Waals surface area contributed by atoms with Crippen LogP contribution in [0.1, 0.15) is 5.56 Å². The SMILES string of the molecule is N#Cc1ccccc1NC(=O)CSc1nnc(Nc2cccc(Cl)c2)s1. The molecular formula is C17H12ClN5OS2. The molecule has 26 heavy (non-hydrogen) atoms. The van der Waals surface area contributed by atoms with Crippen LogP contribution in [0.15, 0.2) is 52.9 Å². The molecule has 0 radical (unpaired) electrons. The molecule has 0 aliphatic heterocycles.